The van der Waals surface area contributed by atoms with Crippen LogP contribution in [0.1, 0.15) is 39.0 Å². The Morgan fingerprint density at radius 3 is 2.00 bits per heavy atom. The van der Waals surface area contributed by atoms with Gasteiger partial charge in [0.2, 0.25) is 0 Å². The average Bonchev–Trinajstić information content (AvgIpc) is 2.13. The second-order valence-corrected chi connectivity index (χ2v) is 6.18. The van der Waals surface area contributed by atoms with Gasteiger partial charge in [0.05, 0.1) is 0 Å². The molecule has 0 atom stereocenters. The van der Waals surface area contributed by atoms with Crippen LogP contribution in [0.4, 0.5) is 0 Å². The molecule has 4 rings (SSSR count). The second-order valence-electron chi connectivity index (χ2n) is 6.18. The van der Waals surface area contributed by atoms with E-state index < -0.39 is 5.97 Å². The lowest BCUT2D eigenvalue weighted by Gasteiger charge is -2.54. The van der Waals surface area contributed by atoms with Crippen molar-refractivity contribution in [1.29, 1.82) is 0 Å². The minimum Gasteiger partial charge on any atom is -0.478 e. The molecule has 88 valence electrons. The van der Waals surface area contributed by atoms with Crippen molar-refractivity contribution in [3.8, 4) is 0 Å². The van der Waals surface area contributed by atoms with E-state index in [1.54, 1.807) is 0 Å². The minimum atomic E-state index is -0.772. The molecule has 0 radical (unpaired) electrons. The molecule has 4 fully saturated rings. The fourth-order valence-corrected chi connectivity index (χ4v) is 4.96. The molecule has 0 aromatic carbocycles. The number of allylic oxidation sites excluding steroid dienone is 1. The number of carboxylic acids is 1. The molecule has 4 aliphatic carbocycles. The van der Waals surface area contributed by atoms with Crippen LogP contribution >= 0.6 is 0 Å². The van der Waals surface area contributed by atoms with Gasteiger partial charge in [0.25, 0.3) is 0 Å². The molecular weight excluding hydrogens is 200 g/mol. The largest absolute Gasteiger partial charge is 0.478 e. The molecule has 0 unspecified atom stereocenters. The van der Waals surface area contributed by atoms with Gasteiger partial charge in [-0.3, -0.25) is 0 Å². The van der Waals surface area contributed by atoms with Gasteiger partial charge in [0.1, 0.15) is 0 Å². The van der Waals surface area contributed by atoms with E-state index in [1.165, 1.54) is 38.2 Å². The summed E-state index contributed by atoms with van der Waals surface area (Å²) in [6, 6.07) is 0. The normalized spacial score (nSPS) is 46.1. The zero-order valence-corrected chi connectivity index (χ0v) is 9.86. The summed E-state index contributed by atoms with van der Waals surface area (Å²) < 4.78 is 0. The van der Waals surface area contributed by atoms with Gasteiger partial charge >= 0.3 is 5.97 Å². The zero-order valence-electron chi connectivity index (χ0n) is 9.86. The van der Waals surface area contributed by atoms with Gasteiger partial charge in [-0.15, -0.1) is 0 Å². The summed E-state index contributed by atoms with van der Waals surface area (Å²) in [6.07, 6.45) is 8.37. The fraction of sp³-hybridized carbons (Fsp3) is 0.786. The average molecular weight is 220 g/mol. The number of carboxylic acid groups (broad SMARTS) is 1. The van der Waals surface area contributed by atoms with E-state index in [4.69, 9.17) is 5.11 Å². The zero-order chi connectivity index (χ0) is 11.3. The molecule has 1 N–H and O–H groups in total. The number of carbonyl (C=O) groups is 1. The summed E-state index contributed by atoms with van der Waals surface area (Å²) in [5.41, 5.74) is 1.13. The molecule has 2 nitrogen and oxygen atoms in total. The standard InChI is InChI=1S/C14H20O2/c1-8(2-13(15)16)14-11-4-9-3-10(6-11)7-12(14)5-9/h2,9-12,14H,3-7H2,1H3,(H,15,16). The van der Waals surface area contributed by atoms with Crippen LogP contribution in [0.25, 0.3) is 0 Å². The van der Waals surface area contributed by atoms with E-state index in [0.717, 1.165) is 29.2 Å². The Hall–Kier alpha value is -0.790. The molecular formula is C14H20O2. The van der Waals surface area contributed by atoms with Crippen molar-refractivity contribution in [2.24, 2.45) is 29.6 Å². The van der Waals surface area contributed by atoms with Gasteiger partial charge in [-0.25, -0.2) is 4.79 Å². The molecule has 0 saturated heterocycles. The fourth-order valence-electron chi connectivity index (χ4n) is 4.96. The number of hydrogen-bond donors (Lipinski definition) is 1. The third-order valence-corrected chi connectivity index (χ3v) is 5.10. The highest BCUT2D eigenvalue weighted by Crippen LogP contribution is 2.58. The van der Waals surface area contributed by atoms with Crippen molar-refractivity contribution in [2.75, 3.05) is 0 Å². The monoisotopic (exact) mass is 220 g/mol. The highest BCUT2D eigenvalue weighted by Gasteiger charge is 2.48. The lowest BCUT2D eigenvalue weighted by molar-refractivity contribution is -0.131. The van der Waals surface area contributed by atoms with E-state index in [2.05, 4.69) is 0 Å². The van der Waals surface area contributed by atoms with E-state index >= 15 is 0 Å². The van der Waals surface area contributed by atoms with Crippen molar-refractivity contribution in [3.05, 3.63) is 11.6 Å². The highest BCUT2D eigenvalue weighted by molar-refractivity contribution is 5.80. The first-order chi connectivity index (χ1) is 7.63. The molecule has 4 bridgehead atoms. The summed E-state index contributed by atoms with van der Waals surface area (Å²) in [5, 5.41) is 8.86. The lowest BCUT2D eigenvalue weighted by atomic mass is 9.50. The Labute approximate surface area is 96.7 Å². The van der Waals surface area contributed by atoms with Crippen molar-refractivity contribution in [1.82, 2.24) is 0 Å². The smallest absolute Gasteiger partial charge is 0.328 e. The maximum absolute atomic E-state index is 10.8. The number of aliphatic carboxylic acids is 1. The van der Waals surface area contributed by atoms with Crippen LogP contribution in [-0.4, -0.2) is 11.1 Å². The van der Waals surface area contributed by atoms with Crippen LogP contribution in [0.15, 0.2) is 11.6 Å². The quantitative estimate of drug-likeness (QED) is 0.726. The van der Waals surface area contributed by atoms with Crippen LogP contribution in [0.3, 0.4) is 0 Å². The molecule has 2 heteroatoms. The Morgan fingerprint density at radius 1 is 1.06 bits per heavy atom. The van der Waals surface area contributed by atoms with Gasteiger partial charge in [-0.05, 0) is 68.6 Å². The van der Waals surface area contributed by atoms with Gasteiger partial charge in [0.15, 0.2) is 0 Å². The van der Waals surface area contributed by atoms with Gasteiger partial charge in [-0.2, -0.15) is 0 Å². The lowest BCUT2D eigenvalue weighted by Crippen LogP contribution is -2.45. The first kappa shape index (κ1) is 10.4. The predicted molar refractivity (Wildman–Crippen MR) is 61.9 cm³/mol. The van der Waals surface area contributed by atoms with Gasteiger partial charge in [0, 0.05) is 6.08 Å². The molecule has 0 aromatic heterocycles. The van der Waals surface area contributed by atoms with E-state index in [1.807, 2.05) is 6.92 Å². The van der Waals surface area contributed by atoms with Crippen LogP contribution in [0.2, 0.25) is 0 Å². The van der Waals surface area contributed by atoms with Crippen LogP contribution < -0.4 is 0 Å². The number of hydrogen-bond acceptors (Lipinski definition) is 1. The van der Waals surface area contributed by atoms with E-state index in [0.29, 0.717) is 5.92 Å². The topological polar surface area (TPSA) is 37.3 Å². The Balaban J connectivity index is 1.84. The molecule has 0 spiro atoms. The molecule has 0 aromatic rings. The molecule has 0 heterocycles. The second kappa shape index (κ2) is 3.61. The molecule has 4 aliphatic rings. The maximum atomic E-state index is 10.8. The molecule has 16 heavy (non-hydrogen) atoms. The van der Waals surface area contributed by atoms with Gasteiger partial charge < -0.3 is 5.11 Å². The summed E-state index contributed by atoms with van der Waals surface area (Å²) >= 11 is 0. The summed E-state index contributed by atoms with van der Waals surface area (Å²) in [5.74, 6) is 3.35. The summed E-state index contributed by atoms with van der Waals surface area (Å²) in [6.45, 7) is 2.03. The molecule has 0 aliphatic heterocycles. The predicted octanol–water partition coefficient (Wildman–Crippen LogP) is 3.09. The van der Waals surface area contributed by atoms with Crippen molar-refractivity contribution in [2.45, 2.75) is 39.0 Å². The minimum absolute atomic E-state index is 0.587. The molecule has 4 saturated carbocycles. The highest BCUT2D eigenvalue weighted by atomic mass is 16.4. The van der Waals surface area contributed by atoms with Crippen molar-refractivity contribution < 1.29 is 9.90 Å². The maximum Gasteiger partial charge on any atom is 0.328 e. The Bertz CT molecular complexity index is 315. The number of rotatable bonds is 2. The third kappa shape index (κ3) is 1.59. The summed E-state index contributed by atoms with van der Waals surface area (Å²) in [7, 11) is 0. The van der Waals surface area contributed by atoms with Crippen molar-refractivity contribution in [3.63, 3.8) is 0 Å². The van der Waals surface area contributed by atoms with E-state index in [-0.39, 0.29) is 0 Å². The SMILES string of the molecule is CC(=CC(=O)O)C1C2CC3CC(C2)CC1C3. The first-order valence-electron chi connectivity index (χ1n) is 6.54. The molecule has 0 amide bonds. The first-order valence-corrected chi connectivity index (χ1v) is 6.54. The van der Waals surface area contributed by atoms with Crippen LogP contribution in [0.5, 0.6) is 0 Å². The Kier molecular flexibility index (Phi) is 2.34. The summed E-state index contributed by atoms with van der Waals surface area (Å²) in [4.78, 5) is 10.8. The van der Waals surface area contributed by atoms with Crippen molar-refractivity contribution >= 4 is 5.97 Å². The van der Waals surface area contributed by atoms with Crippen LogP contribution in [0, 0.1) is 29.6 Å². The Morgan fingerprint density at radius 2 is 1.56 bits per heavy atom. The van der Waals surface area contributed by atoms with Crippen LogP contribution in [-0.2, 0) is 4.79 Å². The van der Waals surface area contributed by atoms with Gasteiger partial charge in [-0.1, -0.05) is 5.57 Å². The van der Waals surface area contributed by atoms with E-state index in [9.17, 15) is 4.79 Å². The third-order valence-electron chi connectivity index (χ3n) is 5.10.